The van der Waals surface area contributed by atoms with Gasteiger partial charge >= 0.3 is 0 Å². The monoisotopic (exact) mass is 250 g/mol. The standard InChI is InChI=1S/C13H22N4O/c18-13(12-4-3-5-14-10-12)16-6-1-2-8-17-9-7-15-11-17/h7,9,11-12,14H,1-6,8,10H2,(H,16,18)/t12-/m1/s1. The van der Waals surface area contributed by atoms with Crippen molar-refractivity contribution >= 4 is 5.91 Å². The summed E-state index contributed by atoms with van der Waals surface area (Å²) in [5.41, 5.74) is 0. The largest absolute Gasteiger partial charge is 0.356 e. The lowest BCUT2D eigenvalue weighted by molar-refractivity contribution is -0.125. The molecule has 1 fully saturated rings. The van der Waals surface area contributed by atoms with Gasteiger partial charge in [0.1, 0.15) is 0 Å². The second-order valence-corrected chi connectivity index (χ2v) is 4.84. The van der Waals surface area contributed by atoms with Gasteiger partial charge < -0.3 is 15.2 Å². The summed E-state index contributed by atoms with van der Waals surface area (Å²) in [6, 6.07) is 0. The number of nitrogens with one attached hydrogen (secondary N) is 2. The molecular weight excluding hydrogens is 228 g/mol. The molecule has 2 heterocycles. The molecule has 0 unspecified atom stereocenters. The predicted octanol–water partition coefficient (Wildman–Crippen LogP) is 0.779. The number of nitrogens with zero attached hydrogens (tertiary/aromatic N) is 2. The number of hydrogen-bond donors (Lipinski definition) is 2. The number of rotatable bonds is 6. The summed E-state index contributed by atoms with van der Waals surface area (Å²) in [5.74, 6) is 0.386. The number of aryl methyl sites for hydroxylation is 1. The van der Waals surface area contributed by atoms with E-state index in [1.165, 1.54) is 0 Å². The van der Waals surface area contributed by atoms with Gasteiger partial charge in [-0.05, 0) is 32.2 Å². The number of imidazole rings is 1. The minimum atomic E-state index is 0.174. The van der Waals surface area contributed by atoms with E-state index in [0.29, 0.717) is 0 Å². The molecule has 0 saturated carbocycles. The van der Waals surface area contributed by atoms with Gasteiger partial charge in [-0.25, -0.2) is 4.98 Å². The second kappa shape index (κ2) is 7.16. The zero-order chi connectivity index (χ0) is 12.6. The summed E-state index contributed by atoms with van der Waals surface area (Å²) in [6.07, 6.45) is 9.80. The molecule has 2 N–H and O–H groups in total. The third-order valence-electron chi connectivity index (χ3n) is 3.37. The molecule has 5 nitrogen and oxygen atoms in total. The number of amides is 1. The molecule has 0 aliphatic carbocycles. The van der Waals surface area contributed by atoms with Crippen LogP contribution in [-0.2, 0) is 11.3 Å². The molecule has 2 rings (SSSR count). The first kappa shape index (κ1) is 13.1. The van der Waals surface area contributed by atoms with Crippen LogP contribution in [0.1, 0.15) is 25.7 Å². The number of carbonyl (C=O) groups is 1. The first-order valence-electron chi connectivity index (χ1n) is 6.80. The van der Waals surface area contributed by atoms with Gasteiger partial charge in [0.05, 0.1) is 12.2 Å². The van der Waals surface area contributed by atoms with E-state index >= 15 is 0 Å². The summed E-state index contributed by atoms with van der Waals surface area (Å²) >= 11 is 0. The molecule has 1 aliphatic heterocycles. The van der Waals surface area contributed by atoms with Crippen molar-refractivity contribution in [2.24, 2.45) is 5.92 Å². The quantitative estimate of drug-likeness (QED) is 0.734. The summed E-state index contributed by atoms with van der Waals surface area (Å²) in [4.78, 5) is 15.8. The molecule has 0 spiro atoms. The van der Waals surface area contributed by atoms with Crippen molar-refractivity contribution in [1.29, 1.82) is 0 Å². The maximum atomic E-state index is 11.8. The molecule has 0 radical (unpaired) electrons. The summed E-state index contributed by atoms with van der Waals surface area (Å²) < 4.78 is 2.06. The van der Waals surface area contributed by atoms with Crippen LogP contribution in [0.15, 0.2) is 18.7 Å². The third kappa shape index (κ3) is 4.14. The van der Waals surface area contributed by atoms with E-state index < -0.39 is 0 Å². The lowest BCUT2D eigenvalue weighted by atomic mass is 9.99. The van der Waals surface area contributed by atoms with Gasteiger partial charge in [0, 0.05) is 32.0 Å². The smallest absolute Gasteiger partial charge is 0.224 e. The number of hydrogen-bond acceptors (Lipinski definition) is 3. The lowest BCUT2D eigenvalue weighted by Gasteiger charge is -2.21. The summed E-state index contributed by atoms with van der Waals surface area (Å²) in [6.45, 7) is 3.64. The fourth-order valence-corrected chi connectivity index (χ4v) is 2.27. The minimum Gasteiger partial charge on any atom is -0.356 e. The van der Waals surface area contributed by atoms with E-state index in [4.69, 9.17) is 0 Å². The highest BCUT2D eigenvalue weighted by Crippen LogP contribution is 2.09. The van der Waals surface area contributed by atoms with Crippen LogP contribution in [0.4, 0.5) is 0 Å². The Balaban J connectivity index is 1.53. The van der Waals surface area contributed by atoms with Gasteiger partial charge in [-0.1, -0.05) is 0 Å². The Morgan fingerprint density at radius 2 is 2.44 bits per heavy atom. The first-order valence-corrected chi connectivity index (χ1v) is 6.80. The highest BCUT2D eigenvalue weighted by molar-refractivity contribution is 5.78. The van der Waals surface area contributed by atoms with E-state index in [1.807, 2.05) is 12.5 Å². The molecule has 18 heavy (non-hydrogen) atoms. The second-order valence-electron chi connectivity index (χ2n) is 4.84. The zero-order valence-electron chi connectivity index (χ0n) is 10.8. The van der Waals surface area contributed by atoms with Crippen molar-refractivity contribution in [2.75, 3.05) is 19.6 Å². The Morgan fingerprint density at radius 3 is 3.17 bits per heavy atom. The highest BCUT2D eigenvalue weighted by atomic mass is 16.1. The zero-order valence-corrected chi connectivity index (χ0v) is 10.8. The molecule has 0 aromatic carbocycles. The van der Waals surface area contributed by atoms with Crippen molar-refractivity contribution in [2.45, 2.75) is 32.2 Å². The average Bonchev–Trinajstić information content (AvgIpc) is 2.92. The molecule has 1 aromatic rings. The van der Waals surface area contributed by atoms with Crippen LogP contribution in [-0.4, -0.2) is 35.1 Å². The summed E-state index contributed by atoms with van der Waals surface area (Å²) in [7, 11) is 0. The van der Waals surface area contributed by atoms with Crippen molar-refractivity contribution in [3.05, 3.63) is 18.7 Å². The van der Waals surface area contributed by atoms with Crippen molar-refractivity contribution in [1.82, 2.24) is 20.2 Å². The van der Waals surface area contributed by atoms with Gasteiger partial charge in [0.15, 0.2) is 0 Å². The third-order valence-corrected chi connectivity index (χ3v) is 3.37. The fourth-order valence-electron chi connectivity index (χ4n) is 2.27. The molecule has 1 aromatic heterocycles. The minimum absolute atomic E-state index is 0.174. The van der Waals surface area contributed by atoms with Gasteiger partial charge in [-0.3, -0.25) is 4.79 Å². The Morgan fingerprint density at radius 1 is 1.50 bits per heavy atom. The normalized spacial score (nSPS) is 19.7. The first-order chi connectivity index (χ1) is 8.86. The maximum absolute atomic E-state index is 11.8. The Hall–Kier alpha value is -1.36. The van der Waals surface area contributed by atoms with Gasteiger partial charge in [-0.2, -0.15) is 0 Å². The maximum Gasteiger partial charge on any atom is 0.224 e. The molecular formula is C13H22N4O. The van der Waals surface area contributed by atoms with Crippen LogP contribution in [0.2, 0.25) is 0 Å². The predicted molar refractivity (Wildman–Crippen MR) is 70.1 cm³/mol. The van der Waals surface area contributed by atoms with Crippen LogP contribution in [0.25, 0.3) is 0 Å². The fraction of sp³-hybridized carbons (Fsp3) is 0.692. The van der Waals surface area contributed by atoms with E-state index in [0.717, 1.165) is 51.9 Å². The molecule has 1 amide bonds. The Labute approximate surface area is 108 Å². The van der Waals surface area contributed by atoms with Crippen molar-refractivity contribution in [3.8, 4) is 0 Å². The van der Waals surface area contributed by atoms with E-state index in [-0.39, 0.29) is 11.8 Å². The van der Waals surface area contributed by atoms with Gasteiger partial charge in [0.2, 0.25) is 5.91 Å². The number of unbranched alkanes of at least 4 members (excludes halogenated alkanes) is 1. The molecule has 5 heteroatoms. The number of carbonyl (C=O) groups excluding carboxylic acids is 1. The highest BCUT2D eigenvalue weighted by Gasteiger charge is 2.19. The van der Waals surface area contributed by atoms with E-state index in [2.05, 4.69) is 20.2 Å². The van der Waals surface area contributed by atoms with Crippen LogP contribution in [0, 0.1) is 5.92 Å². The lowest BCUT2D eigenvalue weighted by Crippen LogP contribution is -2.40. The Kier molecular flexibility index (Phi) is 5.20. The van der Waals surface area contributed by atoms with Crippen molar-refractivity contribution < 1.29 is 4.79 Å². The van der Waals surface area contributed by atoms with Crippen LogP contribution >= 0.6 is 0 Å². The molecule has 100 valence electrons. The van der Waals surface area contributed by atoms with Gasteiger partial charge in [0.25, 0.3) is 0 Å². The molecule has 1 saturated heterocycles. The van der Waals surface area contributed by atoms with Crippen LogP contribution in [0.3, 0.4) is 0 Å². The topological polar surface area (TPSA) is 59.0 Å². The van der Waals surface area contributed by atoms with E-state index in [1.54, 1.807) is 6.20 Å². The molecule has 1 atom stereocenters. The SMILES string of the molecule is O=C(NCCCCn1ccnc1)[C@@H]1CCCNC1. The number of piperidine rings is 1. The summed E-state index contributed by atoms with van der Waals surface area (Å²) in [5, 5.41) is 6.29. The average molecular weight is 250 g/mol. The Bertz CT molecular complexity index is 344. The molecule has 1 aliphatic rings. The van der Waals surface area contributed by atoms with Gasteiger partial charge in [-0.15, -0.1) is 0 Å². The number of aromatic nitrogens is 2. The van der Waals surface area contributed by atoms with Crippen molar-refractivity contribution in [3.63, 3.8) is 0 Å². The van der Waals surface area contributed by atoms with Crippen LogP contribution < -0.4 is 10.6 Å². The van der Waals surface area contributed by atoms with Crippen LogP contribution in [0.5, 0.6) is 0 Å². The van der Waals surface area contributed by atoms with E-state index in [9.17, 15) is 4.79 Å². The molecule has 0 bridgehead atoms.